The van der Waals surface area contributed by atoms with E-state index in [0.29, 0.717) is 12.7 Å². The zero-order valence-corrected chi connectivity index (χ0v) is 28.2. The van der Waals surface area contributed by atoms with Gasteiger partial charge in [0.25, 0.3) is 0 Å². The summed E-state index contributed by atoms with van der Waals surface area (Å²) in [4.78, 5) is 2.50. The van der Waals surface area contributed by atoms with Crippen LogP contribution < -0.4 is 0 Å². The normalized spacial score (nSPS) is 11.8. The molecule has 0 unspecified atom stereocenters. The second-order valence-corrected chi connectivity index (χ2v) is 12.8. The summed E-state index contributed by atoms with van der Waals surface area (Å²) in [5.41, 5.74) is 0. The van der Waals surface area contributed by atoms with Crippen molar-refractivity contribution in [3.63, 3.8) is 0 Å². The summed E-state index contributed by atoms with van der Waals surface area (Å²) in [6.07, 6.45) is 38.6. The molecule has 0 fully saturated rings. The first-order valence-electron chi connectivity index (χ1n) is 18.7. The highest BCUT2D eigenvalue weighted by molar-refractivity contribution is 4.62. The molecule has 0 saturated carbocycles. The Morgan fingerprint density at radius 1 is 0.425 bits per heavy atom. The molecule has 40 heavy (non-hydrogen) atoms. The third-order valence-electron chi connectivity index (χ3n) is 8.73. The number of aliphatic hydroxyl groups is 1. The molecule has 0 aliphatic heterocycles. The molecule has 0 aromatic rings. The summed E-state index contributed by atoms with van der Waals surface area (Å²) < 4.78 is 6.43. The fourth-order valence-corrected chi connectivity index (χ4v) is 5.96. The lowest BCUT2D eigenvalue weighted by Crippen LogP contribution is -2.29. The summed E-state index contributed by atoms with van der Waals surface area (Å²) in [7, 11) is 0. The highest BCUT2D eigenvalue weighted by Gasteiger charge is 2.09. The van der Waals surface area contributed by atoms with Gasteiger partial charge in [-0.25, -0.2) is 0 Å². The van der Waals surface area contributed by atoms with Crippen LogP contribution >= 0.6 is 0 Å². The molecule has 0 saturated heterocycles. The lowest BCUT2D eigenvalue weighted by molar-refractivity contribution is 0.0357. The zero-order valence-electron chi connectivity index (χ0n) is 28.2. The molecule has 0 amide bonds. The van der Waals surface area contributed by atoms with Crippen LogP contribution in [0.5, 0.6) is 0 Å². The summed E-state index contributed by atoms with van der Waals surface area (Å²) in [5.74, 6) is 0. The second-order valence-electron chi connectivity index (χ2n) is 12.8. The van der Waals surface area contributed by atoms with Crippen molar-refractivity contribution in [3.8, 4) is 0 Å². The van der Waals surface area contributed by atoms with Crippen LogP contribution in [0.4, 0.5) is 0 Å². The summed E-state index contributed by atoms with van der Waals surface area (Å²) in [6.45, 7) is 11.4. The second kappa shape index (κ2) is 35.1. The van der Waals surface area contributed by atoms with Crippen LogP contribution in [-0.4, -0.2) is 49.0 Å². The van der Waals surface area contributed by atoms with Gasteiger partial charge in [0.2, 0.25) is 0 Å². The Labute approximate surface area is 254 Å². The smallest absolute Gasteiger partial charge is 0.0575 e. The van der Waals surface area contributed by atoms with Gasteiger partial charge < -0.3 is 14.7 Å². The van der Waals surface area contributed by atoms with Gasteiger partial charge in [-0.2, -0.15) is 0 Å². The number of aliphatic hydroxyl groups excluding tert-OH is 1. The van der Waals surface area contributed by atoms with Crippen molar-refractivity contribution in [1.29, 1.82) is 0 Å². The molecular weight excluding hydrogens is 490 g/mol. The number of ether oxygens (including phenoxy) is 1. The van der Waals surface area contributed by atoms with Gasteiger partial charge in [-0.1, -0.05) is 168 Å². The Kier molecular flexibility index (Phi) is 35.0. The van der Waals surface area contributed by atoms with Crippen LogP contribution in [0.3, 0.4) is 0 Å². The number of nitrogens with zero attached hydrogens (tertiary/aromatic N) is 1. The van der Waals surface area contributed by atoms with E-state index in [9.17, 15) is 5.11 Å². The molecule has 3 heteroatoms. The molecule has 0 aliphatic carbocycles. The topological polar surface area (TPSA) is 32.7 Å². The quantitative estimate of drug-likeness (QED) is 0.0773. The first-order chi connectivity index (χ1) is 19.8. The summed E-state index contributed by atoms with van der Waals surface area (Å²) in [5, 5.41) is 9.43. The average Bonchev–Trinajstić information content (AvgIpc) is 2.96. The Balaban J connectivity index is 3.83. The van der Waals surface area contributed by atoms with E-state index in [4.69, 9.17) is 4.74 Å². The fraction of sp³-hybridized carbons (Fsp3) is 1.00. The van der Waals surface area contributed by atoms with E-state index in [1.54, 1.807) is 0 Å². The van der Waals surface area contributed by atoms with Crippen LogP contribution in [0.15, 0.2) is 0 Å². The van der Waals surface area contributed by atoms with Gasteiger partial charge in [-0.15, -0.1) is 0 Å². The number of rotatable bonds is 35. The average molecular weight is 568 g/mol. The molecular formula is C37H77NO2. The zero-order chi connectivity index (χ0) is 29.2. The molecule has 0 bridgehead atoms. The molecule has 3 nitrogen and oxygen atoms in total. The molecule has 242 valence electrons. The van der Waals surface area contributed by atoms with E-state index in [1.807, 2.05) is 0 Å². The molecule has 1 N–H and O–H groups in total. The van der Waals surface area contributed by atoms with Gasteiger partial charge in [0.1, 0.15) is 0 Å². The van der Waals surface area contributed by atoms with Crippen molar-refractivity contribution in [2.45, 2.75) is 207 Å². The minimum atomic E-state index is 0.303. The molecule has 0 aromatic heterocycles. The van der Waals surface area contributed by atoms with Crippen molar-refractivity contribution in [2.24, 2.45) is 0 Å². The van der Waals surface area contributed by atoms with Gasteiger partial charge in [-0.3, -0.25) is 0 Å². The minimum Gasteiger partial charge on any atom is -0.395 e. The Morgan fingerprint density at radius 3 is 1.18 bits per heavy atom. The third kappa shape index (κ3) is 30.8. The monoisotopic (exact) mass is 568 g/mol. The number of hydrogen-bond acceptors (Lipinski definition) is 3. The molecule has 0 aliphatic rings. The molecule has 0 heterocycles. The standard InChI is InChI=1S/C37H77NO2/c1-4-7-10-13-17-22-27-32-38(34-35-39)33-28-23-18-16-19-24-29-36-40-37(30-25-20-14-11-8-5-2)31-26-21-15-12-9-6-3/h37,39H,4-36H2,1-3H3. The highest BCUT2D eigenvalue weighted by atomic mass is 16.5. The first-order valence-corrected chi connectivity index (χ1v) is 18.7. The third-order valence-corrected chi connectivity index (χ3v) is 8.73. The van der Waals surface area contributed by atoms with Gasteiger partial charge in [-0.05, 0) is 45.2 Å². The Morgan fingerprint density at radius 2 is 0.775 bits per heavy atom. The summed E-state index contributed by atoms with van der Waals surface area (Å²) in [6, 6.07) is 0. The van der Waals surface area contributed by atoms with E-state index in [0.717, 1.165) is 13.2 Å². The van der Waals surface area contributed by atoms with E-state index >= 15 is 0 Å². The lowest BCUT2D eigenvalue weighted by Gasteiger charge is -2.21. The molecule has 0 radical (unpaired) electrons. The van der Waals surface area contributed by atoms with Gasteiger partial charge in [0.15, 0.2) is 0 Å². The Bertz CT molecular complexity index is 428. The van der Waals surface area contributed by atoms with Gasteiger partial charge in [0, 0.05) is 13.2 Å². The summed E-state index contributed by atoms with van der Waals surface area (Å²) >= 11 is 0. The van der Waals surface area contributed by atoms with E-state index < -0.39 is 0 Å². The Hall–Kier alpha value is -0.120. The predicted molar refractivity (Wildman–Crippen MR) is 180 cm³/mol. The highest BCUT2D eigenvalue weighted by Crippen LogP contribution is 2.18. The first kappa shape index (κ1) is 39.9. The van der Waals surface area contributed by atoms with Gasteiger partial charge >= 0.3 is 0 Å². The van der Waals surface area contributed by atoms with Crippen LogP contribution in [0.25, 0.3) is 0 Å². The predicted octanol–water partition coefficient (Wildman–Crippen LogP) is 11.6. The maximum Gasteiger partial charge on any atom is 0.0575 e. The SMILES string of the molecule is CCCCCCCCCN(CCO)CCCCCCCCCOC(CCCCCCCC)CCCCCCCC. The van der Waals surface area contributed by atoms with Crippen molar-refractivity contribution >= 4 is 0 Å². The molecule has 0 atom stereocenters. The number of hydrogen-bond donors (Lipinski definition) is 1. The minimum absolute atomic E-state index is 0.303. The van der Waals surface area contributed by atoms with Crippen molar-refractivity contribution < 1.29 is 9.84 Å². The fourth-order valence-electron chi connectivity index (χ4n) is 5.96. The van der Waals surface area contributed by atoms with Crippen LogP contribution in [0, 0.1) is 0 Å². The van der Waals surface area contributed by atoms with Crippen LogP contribution in [0.2, 0.25) is 0 Å². The van der Waals surface area contributed by atoms with Crippen molar-refractivity contribution in [1.82, 2.24) is 4.90 Å². The molecule has 0 spiro atoms. The maximum atomic E-state index is 9.43. The van der Waals surface area contributed by atoms with E-state index in [1.165, 1.54) is 193 Å². The van der Waals surface area contributed by atoms with Crippen molar-refractivity contribution in [2.75, 3.05) is 32.8 Å². The maximum absolute atomic E-state index is 9.43. The van der Waals surface area contributed by atoms with Crippen LogP contribution in [0.1, 0.15) is 201 Å². The number of unbranched alkanes of at least 4 members (excludes halogenated alkanes) is 22. The van der Waals surface area contributed by atoms with Gasteiger partial charge in [0.05, 0.1) is 12.7 Å². The van der Waals surface area contributed by atoms with Crippen LogP contribution in [-0.2, 0) is 4.74 Å². The largest absolute Gasteiger partial charge is 0.395 e. The van der Waals surface area contributed by atoms with E-state index in [-0.39, 0.29) is 0 Å². The molecule has 0 rings (SSSR count). The molecule has 0 aromatic carbocycles. The van der Waals surface area contributed by atoms with E-state index in [2.05, 4.69) is 25.7 Å². The van der Waals surface area contributed by atoms with Crippen molar-refractivity contribution in [3.05, 3.63) is 0 Å². The lowest BCUT2D eigenvalue weighted by atomic mass is 10.0.